The summed E-state index contributed by atoms with van der Waals surface area (Å²) in [7, 11) is 0. The third kappa shape index (κ3) is 2.64. The van der Waals surface area contributed by atoms with Gasteiger partial charge < -0.3 is 11.1 Å². The molecule has 0 amide bonds. The van der Waals surface area contributed by atoms with Gasteiger partial charge in [-0.1, -0.05) is 24.3 Å². The van der Waals surface area contributed by atoms with Crippen LogP contribution in [-0.2, 0) is 13.1 Å². The molecule has 2 aromatic heterocycles. The molecule has 0 fully saturated rings. The van der Waals surface area contributed by atoms with E-state index in [-0.39, 0.29) is 0 Å². The molecule has 0 atom stereocenters. The summed E-state index contributed by atoms with van der Waals surface area (Å²) in [4.78, 5) is 10.9. The predicted molar refractivity (Wildman–Crippen MR) is 83.8 cm³/mol. The largest absolute Gasteiger partial charge is 0.365 e. The van der Waals surface area contributed by atoms with E-state index in [9.17, 15) is 0 Å². The first-order valence-corrected chi connectivity index (χ1v) is 7.31. The third-order valence-electron chi connectivity index (χ3n) is 3.14. The maximum Gasteiger partial charge on any atom is 0.138 e. The van der Waals surface area contributed by atoms with E-state index in [0.717, 1.165) is 28.1 Å². The first-order chi connectivity index (χ1) is 9.76. The number of aryl methyl sites for hydroxylation is 1. The Bertz CT molecular complexity index is 736. The lowest BCUT2D eigenvalue weighted by Crippen LogP contribution is -2.03. The highest BCUT2D eigenvalue weighted by Gasteiger charge is 2.06. The molecule has 2 heterocycles. The molecule has 0 aliphatic heterocycles. The van der Waals surface area contributed by atoms with Crippen LogP contribution in [0.3, 0.4) is 0 Å². The van der Waals surface area contributed by atoms with Gasteiger partial charge >= 0.3 is 0 Å². The van der Waals surface area contributed by atoms with E-state index in [1.165, 1.54) is 10.4 Å². The van der Waals surface area contributed by atoms with Gasteiger partial charge in [0.25, 0.3) is 0 Å². The summed E-state index contributed by atoms with van der Waals surface area (Å²) in [6, 6.07) is 10.4. The molecule has 3 aromatic rings. The van der Waals surface area contributed by atoms with Crippen molar-refractivity contribution in [3.8, 4) is 0 Å². The first-order valence-electron chi connectivity index (χ1n) is 6.49. The number of nitrogens with one attached hydrogen (secondary N) is 1. The van der Waals surface area contributed by atoms with E-state index < -0.39 is 0 Å². The Kier molecular flexibility index (Phi) is 3.62. The molecular formula is C15H16N4S. The summed E-state index contributed by atoms with van der Waals surface area (Å²) >= 11 is 1.69. The predicted octanol–water partition coefficient (Wildman–Crippen LogP) is 3.07. The van der Waals surface area contributed by atoms with Crippen molar-refractivity contribution in [1.82, 2.24) is 9.97 Å². The number of thiophene rings is 1. The monoisotopic (exact) mass is 284 g/mol. The van der Waals surface area contributed by atoms with Gasteiger partial charge in [-0.05, 0) is 24.1 Å². The Morgan fingerprint density at radius 1 is 1.20 bits per heavy atom. The van der Waals surface area contributed by atoms with Gasteiger partial charge in [-0.2, -0.15) is 0 Å². The summed E-state index contributed by atoms with van der Waals surface area (Å²) in [5, 5.41) is 4.47. The summed E-state index contributed by atoms with van der Waals surface area (Å²) in [6.07, 6.45) is 1.61. The van der Waals surface area contributed by atoms with Crippen LogP contribution >= 0.6 is 11.3 Å². The van der Waals surface area contributed by atoms with E-state index in [1.54, 1.807) is 17.7 Å². The van der Waals surface area contributed by atoms with Crippen molar-refractivity contribution >= 4 is 27.4 Å². The van der Waals surface area contributed by atoms with Gasteiger partial charge in [-0.3, -0.25) is 0 Å². The second-order valence-corrected chi connectivity index (χ2v) is 5.91. The van der Waals surface area contributed by atoms with Crippen LogP contribution < -0.4 is 11.1 Å². The highest BCUT2D eigenvalue weighted by molar-refractivity contribution is 7.18. The van der Waals surface area contributed by atoms with E-state index in [1.807, 2.05) is 12.1 Å². The van der Waals surface area contributed by atoms with Crippen LogP contribution in [0.5, 0.6) is 0 Å². The molecule has 0 saturated heterocycles. The Labute approximate surface area is 121 Å². The van der Waals surface area contributed by atoms with Crippen molar-refractivity contribution in [3.05, 3.63) is 52.7 Å². The fourth-order valence-electron chi connectivity index (χ4n) is 2.17. The van der Waals surface area contributed by atoms with Crippen molar-refractivity contribution in [2.24, 2.45) is 5.73 Å². The molecule has 4 nitrogen and oxygen atoms in total. The van der Waals surface area contributed by atoms with Crippen molar-refractivity contribution in [1.29, 1.82) is 0 Å². The highest BCUT2D eigenvalue weighted by Crippen LogP contribution is 2.27. The van der Waals surface area contributed by atoms with E-state index >= 15 is 0 Å². The van der Waals surface area contributed by atoms with Crippen LogP contribution in [0, 0.1) is 6.92 Å². The first kappa shape index (κ1) is 13.0. The Morgan fingerprint density at radius 3 is 2.90 bits per heavy atom. The van der Waals surface area contributed by atoms with Crippen LogP contribution in [0.15, 0.2) is 36.7 Å². The van der Waals surface area contributed by atoms with Gasteiger partial charge in [0.05, 0.1) is 5.39 Å². The summed E-state index contributed by atoms with van der Waals surface area (Å²) in [5.74, 6) is 0.887. The molecule has 0 radical (unpaired) electrons. The Hall–Kier alpha value is -1.98. The van der Waals surface area contributed by atoms with Gasteiger partial charge in [-0.25, -0.2) is 9.97 Å². The fourth-order valence-corrected chi connectivity index (χ4v) is 3.02. The lowest BCUT2D eigenvalue weighted by atomic mass is 10.1. The molecule has 3 N–H and O–H groups in total. The zero-order valence-corrected chi connectivity index (χ0v) is 12.1. The Balaban J connectivity index is 1.82. The molecule has 0 aliphatic carbocycles. The number of nitrogens with zero attached hydrogens (tertiary/aromatic N) is 2. The topological polar surface area (TPSA) is 63.8 Å². The van der Waals surface area contributed by atoms with Crippen LogP contribution in [-0.4, -0.2) is 9.97 Å². The maximum absolute atomic E-state index is 5.66. The molecule has 20 heavy (non-hydrogen) atoms. The number of fused-ring (bicyclic) bond motifs is 1. The lowest BCUT2D eigenvalue weighted by molar-refractivity contribution is 1.04. The number of anilines is 1. The molecule has 0 spiro atoms. The van der Waals surface area contributed by atoms with Crippen molar-refractivity contribution < 1.29 is 0 Å². The molecule has 1 aromatic carbocycles. The van der Waals surface area contributed by atoms with Crippen LogP contribution in [0.1, 0.15) is 16.0 Å². The molecule has 0 saturated carbocycles. The third-order valence-corrected chi connectivity index (χ3v) is 4.10. The van der Waals surface area contributed by atoms with Gasteiger partial charge in [0.1, 0.15) is 17.0 Å². The molecule has 0 bridgehead atoms. The van der Waals surface area contributed by atoms with E-state index in [4.69, 9.17) is 5.73 Å². The van der Waals surface area contributed by atoms with E-state index in [2.05, 4.69) is 40.4 Å². The van der Waals surface area contributed by atoms with Crippen molar-refractivity contribution in [2.75, 3.05) is 5.32 Å². The molecular weight excluding hydrogens is 268 g/mol. The number of aromatic nitrogens is 2. The van der Waals surface area contributed by atoms with Crippen LogP contribution in [0.25, 0.3) is 10.2 Å². The van der Waals surface area contributed by atoms with Gasteiger partial charge in [-0.15, -0.1) is 11.3 Å². The molecule has 102 valence electrons. The minimum absolute atomic E-state index is 0.565. The van der Waals surface area contributed by atoms with Gasteiger partial charge in [0.15, 0.2) is 0 Å². The number of hydrogen-bond acceptors (Lipinski definition) is 5. The van der Waals surface area contributed by atoms with Crippen molar-refractivity contribution in [3.63, 3.8) is 0 Å². The summed E-state index contributed by atoms with van der Waals surface area (Å²) in [6.45, 7) is 3.38. The smallest absolute Gasteiger partial charge is 0.138 e. The second-order valence-electron chi connectivity index (χ2n) is 4.68. The second kappa shape index (κ2) is 5.56. The molecule has 0 unspecified atom stereocenters. The zero-order valence-electron chi connectivity index (χ0n) is 11.3. The standard InChI is InChI=1S/C15H16N4S/c1-10-5-13-14(18-9-19-15(13)20-10)17-8-12-4-2-3-11(6-12)7-16/h2-6,9H,7-8,16H2,1H3,(H,17,18,19). The molecule has 3 rings (SSSR count). The number of hydrogen-bond donors (Lipinski definition) is 2. The Morgan fingerprint density at radius 2 is 2.05 bits per heavy atom. The lowest BCUT2D eigenvalue weighted by Gasteiger charge is -2.07. The number of rotatable bonds is 4. The quantitative estimate of drug-likeness (QED) is 0.773. The van der Waals surface area contributed by atoms with E-state index in [0.29, 0.717) is 6.54 Å². The summed E-state index contributed by atoms with van der Waals surface area (Å²) < 4.78 is 0. The molecule has 0 aliphatic rings. The number of nitrogens with two attached hydrogens (primary N) is 1. The average molecular weight is 284 g/mol. The minimum atomic E-state index is 0.565. The van der Waals surface area contributed by atoms with Crippen molar-refractivity contribution in [2.45, 2.75) is 20.0 Å². The minimum Gasteiger partial charge on any atom is -0.365 e. The molecule has 5 heteroatoms. The van der Waals surface area contributed by atoms with Crippen LogP contribution in [0.4, 0.5) is 5.82 Å². The normalized spacial score (nSPS) is 10.9. The summed E-state index contributed by atoms with van der Waals surface area (Å²) in [5.41, 5.74) is 8.01. The highest BCUT2D eigenvalue weighted by atomic mass is 32.1. The SMILES string of the molecule is Cc1cc2c(NCc3cccc(CN)c3)ncnc2s1. The van der Waals surface area contributed by atoms with Gasteiger partial charge in [0, 0.05) is 18.0 Å². The average Bonchev–Trinajstić information content (AvgIpc) is 2.86. The zero-order chi connectivity index (χ0) is 13.9. The maximum atomic E-state index is 5.66. The number of benzene rings is 1. The van der Waals surface area contributed by atoms with Gasteiger partial charge in [0.2, 0.25) is 0 Å². The fraction of sp³-hybridized carbons (Fsp3) is 0.200. The van der Waals surface area contributed by atoms with Crippen LogP contribution in [0.2, 0.25) is 0 Å².